The molecule has 9 aromatic rings. The first-order valence-corrected chi connectivity index (χ1v) is 16.7. The van der Waals surface area contributed by atoms with Gasteiger partial charge < -0.3 is 9.13 Å². The van der Waals surface area contributed by atoms with Gasteiger partial charge in [0.25, 0.3) is 0 Å². The van der Waals surface area contributed by atoms with Crippen molar-refractivity contribution < 1.29 is 0 Å². The maximum absolute atomic E-state index is 11.1. The molecule has 52 heavy (non-hydrogen) atoms. The van der Waals surface area contributed by atoms with Gasteiger partial charge in [0.1, 0.15) is 12.1 Å². The Morgan fingerprint density at radius 3 is 0.885 bits per heavy atom. The smallest absolute Gasteiger partial charge is 0.101 e. The number of hydrogen-bond acceptors (Lipinski definition) is 4. The van der Waals surface area contributed by atoms with Crippen LogP contribution in [0.1, 0.15) is 22.3 Å². The van der Waals surface area contributed by atoms with Gasteiger partial charge in [-0.25, -0.2) is 0 Å². The van der Waals surface area contributed by atoms with Crippen molar-refractivity contribution in [2.75, 3.05) is 0 Å². The van der Waals surface area contributed by atoms with Gasteiger partial charge in [-0.05, 0) is 59.7 Å². The van der Waals surface area contributed by atoms with E-state index in [2.05, 4.69) is 81.9 Å². The number of nitrogens with zero attached hydrogens (tertiary/aromatic N) is 6. The second kappa shape index (κ2) is 11.9. The molecule has 6 nitrogen and oxygen atoms in total. The first-order chi connectivity index (χ1) is 25.7. The number of hydrogen-bond donors (Lipinski definition) is 0. The van der Waals surface area contributed by atoms with Crippen molar-refractivity contribution in [1.82, 2.24) is 9.13 Å². The Morgan fingerprint density at radius 2 is 0.615 bits per heavy atom. The Hall–Kier alpha value is -7.90. The molecule has 0 N–H and O–H groups in total. The van der Waals surface area contributed by atoms with Crippen molar-refractivity contribution in [3.8, 4) is 57.9 Å². The van der Waals surface area contributed by atoms with Gasteiger partial charge >= 0.3 is 0 Å². The summed E-state index contributed by atoms with van der Waals surface area (Å²) in [5.41, 5.74) is 9.08. The summed E-state index contributed by atoms with van der Waals surface area (Å²) in [6.45, 7) is 0. The van der Waals surface area contributed by atoms with Crippen molar-refractivity contribution >= 4 is 43.6 Å². The number of nitriles is 4. The van der Waals surface area contributed by atoms with Crippen LogP contribution in [0.25, 0.3) is 77.2 Å². The molecule has 0 amide bonds. The average molecular weight is 661 g/mol. The lowest BCUT2D eigenvalue weighted by atomic mass is 9.86. The molecule has 0 unspecified atom stereocenters. The first kappa shape index (κ1) is 30.2. The molecule has 0 atom stereocenters. The molecule has 2 aromatic heterocycles. The number of para-hydroxylation sites is 4. The zero-order valence-electron chi connectivity index (χ0n) is 27.5. The summed E-state index contributed by atoms with van der Waals surface area (Å²) in [6.07, 6.45) is 0. The number of rotatable bonds is 4. The van der Waals surface area contributed by atoms with E-state index in [1.165, 1.54) is 0 Å². The highest BCUT2D eigenvalue weighted by atomic mass is 15.1. The highest BCUT2D eigenvalue weighted by Crippen LogP contribution is 2.49. The van der Waals surface area contributed by atoms with Crippen LogP contribution in [0.2, 0.25) is 0 Å². The second-order valence-electron chi connectivity index (χ2n) is 12.5. The summed E-state index contributed by atoms with van der Waals surface area (Å²) in [5, 5.41) is 45.9. The Kier molecular flexibility index (Phi) is 6.91. The van der Waals surface area contributed by atoms with Crippen LogP contribution in [0.3, 0.4) is 0 Å². The van der Waals surface area contributed by atoms with E-state index < -0.39 is 0 Å². The highest BCUT2D eigenvalue weighted by molar-refractivity contribution is 6.14. The van der Waals surface area contributed by atoms with E-state index in [-0.39, 0.29) is 11.1 Å². The number of fused-ring (bicyclic) bond motifs is 6. The Labute approximate surface area is 298 Å². The molecule has 7 aromatic carbocycles. The van der Waals surface area contributed by atoms with Crippen LogP contribution in [0.4, 0.5) is 0 Å². The molecule has 2 heterocycles. The van der Waals surface area contributed by atoms with E-state index >= 15 is 0 Å². The molecule has 238 valence electrons. The maximum atomic E-state index is 11.1. The van der Waals surface area contributed by atoms with Crippen LogP contribution in [-0.4, -0.2) is 9.13 Å². The molecule has 0 aliphatic heterocycles. The molecular formula is C46H24N6. The third-order valence-electron chi connectivity index (χ3n) is 9.88. The Bertz CT molecular complexity index is 2780. The Morgan fingerprint density at radius 1 is 0.327 bits per heavy atom. The molecule has 0 spiro atoms. The quantitative estimate of drug-likeness (QED) is 0.187. The fourth-order valence-corrected chi connectivity index (χ4v) is 7.69. The minimum atomic E-state index is 0.216. The molecule has 0 saturated carbocycles. The van der Waals surface area contributed by atoms with Gasteiger partial charge in [0.05, 0.1) is 67.8 Å². The standard InChI is InChI=1S/C46H24N6/c47-25-29-17-21-31(22-18-29)43-37(27-49)38(28-50)44(32-23-19-30(26-48)20-24-32)46(52-41-15-7-3-11-35(41)36-12-4-8-16-42(36)52)45(43)51-39-13-5-1-9-33(39)34-10-2-6-14-40(34)51/h1-24H. The minimum absolute atomic E-state index is 0.216. The third kappa shape index (κ3) is 4.33. The lowest BCUT2D eigenvalue weighted by Crippen LogP contribution is -2.11. The topological polar surface area (TPSA) is 105 Å². The van der Waals surface area contributed by atoms with Crippen molar-refractivity contribution in [3.63, 3.8) is 0 Å². The average Bonchev–Trinajstić information content (AvgIpc) is 3.72. The fraction of sp³-hybridized carbons (Fsp3) is 0. The van der Waals surface area contributed by atoms with E-state index in [4.69, 9.17) is 0 Å². The van der Waals surface area contributed by atoms with E-state index in [0.717, 1.165) is 43.6 Å². The number of aromatic nitrogens is 2. The second-order valence-corrected chi connectivity index (χ2v) is 12.5. The predicted molar refractivity (Wildman–Crippen MR) is 205 cm³/mol. The molecule has 0 aliphatic carbocycles. The van der Waals surface area contributed by atoms with Crippen LogP contribution in [0.15, 0.2) is 146 Å². The fourth-order valence-electron chi connectivity index (χ4n) is 7.69. The van der Waals surface area contributed by atoms with Crippen molar-refractivity contribution in [1.29, 1.82) is 21.0 Å². The zero-order valence-corrected chi connectivity index (χ0v) is 27.5. The molecule has 0 fully saturated rings. The summed E-state index contributed by atoms with van der Waals surface area (Å²) in [7, 11) is 0. The molecule has 9 rings (SSSR count). The molecule has 0 aliphatic rings. The summed E-state index contributed by atoms with van der Waals surface area (Å²) < 4.78 is 4.43. The minimum Gasteiger partial charge on any atom is -0.307 e. The van der Waals surface area contributed by atoms with Gasteiger partial charge in [-0.15, -0.1) is 0 Å². The van der Waals surface area contributed by atoms with E-state index in [9.17, 15) is 21.0 Å². The van der Waals surface area contributed by atoms with Crippen LogP contribution in [0, 0.1) is 45.3 Å². The summed E-state index contributed by atoms with van der Waals surface area (Å²) in [6, 6.07) is 56.6. The maximum Gasteiger partial charge on any atom is 0.101 e. The summed E-state index contributed by atoms with van der Waals surface area (Å²) >= 11 is 0. The van der Waals surface area contributed by atoms with Gasteiger partial charge in [0, 0.05) is 32.7 Å². The summed E-state index contributed by atoms with van der Waals surface area (Å²) in [5.74, 6) is 0. The van der Waals surface area contributed by atoms with Crippen LogP contribution < -0.4 is 0 Å². The molecule has 0 bridgehead atoms. The van der Waals surface area contributed by atoms with E-state index in [1.807, 2.05) is 72.8 Å². The van der Waals surface area contributed by atoms with Gasteiger partial charge in [-0.1, -0.05) is 97.1 Å². The number of benzene rings is 7. The van der Waals surface area contributed by atoms with Crippen LogP contribution in [0.5, 0.6) is 0 Å². The van der Waals surface area contributed by atoms with Gasteiger partial charge in [-0.3, -0.25) is 0 Å². The summed E-state index contributed by atoms with van der Waals surface area (Å²) in [4.78, 5) is 0. The van der Waals surface area contributed by atoms with Gasteiger partial charge in [-0.2, -0.15) is 21.0 Å². The molecular weight excluding hydrogens is 637 g/mol. The highest BCUT2D eigenvalue weighted by Gasteiger charge is 2.31. The molecule has 0 radical (unpaired) electrons. The van der Waals surface area contributed by atoms with Crippen LogP contribution >= 0.6 is 0 Å². The van der Waals surface area contributed by atoms with Crippen LogP contribution in [-0.2, 0) is 0 Å². The van der Waals surface area contributed by atoms with Gasteiger partial charge in [0.15, 0.2) is 0 Å². The SMILES string of the molecule is N#Cc1ccc(-c2c(C#N)c(C#N)c(-c3ccc(C#N)cc3)c(-n3c4ccccc4c4ccccc43)c2-n2c3ccccc3c3ccccc32)cc1. The van der Waals surface area contributed by atoms with Crippen molar-refractivity contribution in [3.05, 3.63) is 168 Å². The largest absolute Gasteiger partial charge is 0.307 e. The van der Waals surface area contributed by atoms with Crippen molar-refractivity contribution in [2.45, 2.75) is 0 Å². The normalized spacial score (nSPS) is 11.0. The zero-order chi connectivity index (χ0) is 35.3. The lowest BCUT2D eigenvalue weighted by Gasteiger charge is -2.26. The predicted octanol–water partition coefficient (Wildman–Crippen LogP) is 10.7. The first-order valence-electron chi connectivity index (χ1n) is 16.7. The van der Waals surface area contributed by atoms with E-state index in [0.29, 0.717) is 44.8 Å². The third-order valence-corrected chi connectivity index (χ3v) is 9.88. The Balaban J connectivity index is 1.63. The van der Waals surface area contributed by atoms with Gasteiger partial charge in [0.2, 0.25) is 0 Å². The van der Waals surface area contributed by atoms with Crippen molar-refractivity contribution in [2.24, 2.45) is 0 Å². The molecule has 0 saturated heterocycles. The monoisotopic (exact) mass is 660 g/mol. The lowest BCUT2D eigenvalue weighted by molar-refractivity contribution is 1.09. The molecule has 6 heteroatoms. The van der Waals surface area contributed by atoms with E-state index in [1.54, 1.807) is 24.3 Å².